The van der Waals surface area contributed by atoms with Gasteiger partial charge >= 0.3 is 0 Å². The van der Waals surface area contributed by atoms with Crippen LogP contribution in [0.25, 0.3) is 0 Å². The minimum Gasteiger partial charge on any atom is -0.468 e. The Kier molecular flexibility index (Phi) is 4.08. The smallest absolute Gasteiger partial charge is 0.243 e. The SMILES string of the molecule is Cc1cc(Cl)c(N)cc1S(=O)(=O)N(C)Cc1ccco1. The van der Waals surface area contributed by atoms with Crippen molar-refractivity contribution in [3.63, 3.8) is 0 Å². The molecule has 7 heteroatoms. The Labute approximate surface area is 123 Å². The number of nitrogens with two attached hydrogens (primary N) is 1. The van der Waals surface area contributed by atoms with Gasteiger partial charge in [-0.1, -0.05) is 11.6 Å². The molecule has 2 aromatic rings. The van der Waals surface area contributed by atoms with Crippen molar-refractivity contribution in [2.45, 2.75) is 18.4 Å². The molecule has 5 nitrogen and oxygen atoms in total. The zero-order chi connectivity index (χ0) is 14.9. The Morgan fingerprint density at radius 3 is 2.70 bits per heavy atom. The normalized spacial score (nSPS) is 12.0. The largest absolute Gasteiger partial charge is 0.468 e. The number of aryl methyl sites for hydroxylation is 1. The molecule has 108 valence electrons. The molecule has 20 heavy (non-hydrogen) atoms. The molecule has 0 atom stereocenters. The van der Waals surface area contributed by atoms with Gasteiger partial charge in [0.25, 0.3) is 0 Å². The zero-order valence-electron chi connectivity index (χ0n) is 11.1. The number of hydrogen-bond acceptors (Lipinski definition) is 4. The number of furan rings is 1. The summed E-state index contributed by atoms with van der Waals surface area (Å²) in [5, 5.41) is 0.343. The number of rotatable bonds is 4. The van der Waals surface area contributed by atoms with E-state index in [0.29, 0.717) is 16.3 Å². The van der Waals surface area contributed by atoms with E-state index in [9.17, 15) is 8.42 Å². The second-order valence-corrected chi connectivity index (χ2v) is 6.90. The van der Waals surface area contributed by atoms with Crippen LogP contribution in [0, 0.1) is 6.92 Å². The topological polar surface area (TPSA) is 76.5 Å². The van der Waals surface area contributed by atoms with Gasteiger partial charge in [-0.3, -0.25) is 0 Å². The highest BCUT2D eigenvalue weighted by Gasteiger charge is 2.24. The van der Waals surface area contributed by atoms with E-state index in [2.05, 4.69) is 0 Å². The number of nitrogen functional groups attached to an aromatic ring is 1. The second kappa shape index (κ2) is 5.47. The molecule has 0 amide bonds. The molecule has 0 bridgehead atoms. The van der Waals surface area contributed by atoms with E-state index in [1.165, 1.54) is 23.7 Å². The predicted octanol–water partition coefficient (Wildman–Crippen LogP) is 2.64. The van der Waals surface area contributed by atoms with Crippen LogP contribution in [0.2, 0.25) is 5.02 Å². The minimum absolute atomic E-state index is 0.147. The average molecular weight is 315 g/mol. The molecule has 0 saturated carbocycles. The van der Waals surface area contributed by atoms with Crippen molar-refractivity contribution >= 4 is 27.3 Å². The van der Waals surface area contributed by atoms with Crippen LogP contribution >= 0.6 is 11.6 Å². The van der Waals surface area contributed by atoms with Crippen LogP contribution in [0.1, 0.15) is 11.3 Å². The molecule has 0 aliphatic carbocycles. The minimum atomic E-state index is -3.65. The summed E-state index contributed by atoms with van der Waals surface area (Å²) in [6.45, 7) is 1.83. The molecule has 2 N–H and O–H groups in total. The lowest BCUT2D eigenvalue weighted by Gasteiger charge is -2.18. The van der Waals surface area contributed by atoms with Crippen LogP contribution in [-0.4, -0.2) is 19.8 Å². The second-order valence-electron chi connectivity index (χ2n) is 4.48. The molecule has 1 aromatic heterocycles. The first-order chi connectivity index (χ1) is 9.32. The Balaban J connectivity index is 2.37. The van der Waals surface area contributed by atoms with Crippen molar-refractivity contribution in [3.05, 3.63) is 46.9 Å². The van der Waals surface area contributed by atoms with Crippen LogP contribution in [0.3, 0.4) is 0 Å². The first-order valence-electron chi connectivity index (χ1n) is 5.86. The van der Waals surface area contributed by atoms with Gasteiger partial charge in [-0.25, -0.2) is 8.42 Å². The summed E-state index contributed by atoms with van der Waals surface area (Å²) in [6.07, 6.45) is 1.50. The standard InChI is InChI=1S/C13H15ClN2O3S/c1-9-6-11(14)12(15)7-13(9)20(17,18)16(2)8-10-4-3-5-19-10/h3-7H,8,15H2,1-2H3. The Bertz CT molecular complexity index is 711. The van der Waals surface area contributed by atoms with Crippen molar-refractivity contribution in [1.29, 1.82) is 0 Å². The van der Waals surface area contributed by atoms with Gasteiger partial charge in [0.15, 0.2) is 0 Å². The third-order valence-electron chi connectivity index (χ3n) is 2.94. The number of nitrogens with zero attached hydrogens (tertiary/aromatic N) is 1. The number of hydrogen-bond donors (Lipinski definition) is 1. The first kappa shape index (κ1) is 14.9. The highest BCUT2D eigenvalue weighted by atomic mass is 35.5. The molecule has 0 aliphatic rings. The Morgan fingerprint density at radius 2 is 2.10 bits per heavy atom. The molecule has 0 spiro atoms. The molecule has 0 radical (unpaired) electrons. The highest BCUT2D eigenvalue weighted by Crippen LogP contribution is 2.28. The number of anilines is 1. The molecule has 2 rings (SSSR count). The van der Waals surface area contributed by atoms with E-state index in [-0.39, 0.29) is 17.1 Å². The zero-order valence-corrected chi connectivity index (χ0v) is 12.7. The lowest BCUT2D eigenvalue weighted by atomic mass is 10.2. The van der Waals surface area contributed by atoms with Gasteiger partial charge in [0, 0.05) is 7.05 Å². The summed E-state index contributed by atoms with van der Waals surface area (Å²) in [4.78, 5) is 0.147. The van der Waals surface area contributed by atoms with Crippen LogP contribution in [0.5, 0.6) is 0 Å². The quantitative estimate of drug-likeness (QED) is 0.880. The number of benzene rings is 1. The maximum Gasteiger partial charge on any atom is 0.243 e. The van der Waals surface area contributed by atoms with Gasteiger partial charge in [0.2, 0.25) is 10.0 Å². The van der Waals surface area contributed by atoms with Crippen LogP contribution in [0.15, 0.2) is 39.8 Å². The highest BCUT2D eigenvalue weighted by molar-refractivity contribution is 7.89. The molecule has 0 saturated heterocycles. The molecule has 0 fully saturated rings. The fourth-order valence-corrected chi connectivity index (χ4v) is 3.41. The van der Waals surface area contributed by atoms with Gasteiger partial charge in [0.1, 0.15) is 5.76 Å². The van der Waals surface area contributed by atoms with Gasteiger partial charge in [-0.05, 0) is 36.8 Å². The van der Waals surface area contributed by atoms with E-state index in [1.54, 1.807) is 25.1 Å². The fourth-order valence-electron chi connectivity index (χ4n) is 1.82. The molecule has 0 unspecified atom stereocenters. The summed E-state index contributed by atoms with van der Waals surface area (Å²) < 4.78 is 31.4. The lowest BCUT2D eigenvalue weighted by Crippen LogP contribution is -2.27. The molecule has 1 heterocycles. The van der Waals surface area contributed by atoms with Crippen molar-refractivity contribution in [3.8, 4) is 0 Å². The molecular formula is C13H15ClN2O3S. The summed E-state index contributed by atoms with van der Waals surface area (Å²) in [6, 6.07) is 6.35. The van der Waals surface area contributed by atoms with Crippen LogP contribution in [-0.2, 0) is 16.6 Å². The maximum absolute atomic E-state index is 12.5. The average Bonchev–Trinajstić information content (AvgIpc) is 2.86. The van der Waals surface area contributed by atoms with E-state index in [0.717, 1.165) is 0 Å². The molecule has 0 aliphatic heterocycles. The van der Waals surface area contributed by atoms with E-state index in [4.69, 9.17) is 21.8 Å². The summed E-state index contributed by atoms with van der Waals surface area (Å²) in [5.74, 6) is 0.565. The van der Waals surface area contributed by atoms with Crippen LogP contribution in [0.4, 0.5) is 5.69 Å². The van der Waals surface area contributed by atoms with Gasteiger partial charge in [-0.15, -0.1) is 0 Å². The molecular weight excluding hydrogens is 300 g/mol. The maximum atomic E-state index is 12.5. The van der Waals surface area contributed by atoms with Gasteiger partial charge in [0.05, 0.1) is 28.4 Å². The Morgan fingerprint density at radius 1 is 1.40 bits per heavy atom. The van der Waals surface area contributed by atoms with Crippen molar-refractivity contribution < 1.29 is 12.8 Å². The third kappa shape index (κ3) is 2.82. The predicted molar refractivity (Wildman–Crippen MR) is 78.0 cm³/mol. The van der Waals surface area contributed by atoms with Crippen molar-refractivity contribution in [1.82, 2.24) is 4.31 Å². The van der Waals surface area contributed by atoms with Gasteiger partial charge < -0.3 is 10.2 Å². The fraction of sp³-hybridized carbons (Fsp3) is 0.231. The third-order valence-corrected chi connectivity index (χ3v) is 5.21. The molecule has 1 aromatic carbocycles. The Hall–Kier alpha value is -1.50. The van der Waals surface area contributed by atoms with E-state index in [1.807, 2.05) is 0 Å². The summed E-state index contributed by atoms with van der Waals surface area (Å²) in [7, 11) is -2.16. The summed E-state index contributed by atoms with van der Waals surface area (Å²) >= 11 is 5.88. The monoisotopic (exact) mass is 314 g/mol. The first-order valence-corrected chi connectivity index (χ1v) is 7.68. The lowest BCUT2D eigenvalue weighted by molar-refractivity contribution is 0.406. The summed E-state index contributed by atoms with van der Waals surface area (Å²) in [5.41, 5.74) is 6.48. The van der Waals surface area contributed by atoms with Crippen molar-refractivity contribution in [2.75, 3.05) is 12.8 Å². The number of halogens is 1. The van der Waals surface area contributed by atoms with E-state index < -0.39 is 10.0 Å². The van der Waals surface area contributed by atoms with Gasteiger partial charge in [-0.2, -0.15) is 4.31 Å². The van der Waals surface area contributed by atoms with Crippen LogP contribution < -0.4 is 5.73 Å². The van der Waals surface area contributed by atoms with Crippen molar-refractivity contribution in [2.24, 2.45) is 0 Å². The number of sulfonamides is 1. The van der Waals surface area contributed by atoms with E-state index >= 15 is 0 Å².